The van der Waals surface area contributed by atoms with Crippen LogP contribution in [-0.4, -0.2) is 15.0 Å². The van der Waals surface area contributed by atoms with Crippen molar-refractivity contribution >= 4 is 10.3 Å². The Hall–Kier alpha value is -0.950. The Labute approximate surface area is 94.4 Å². The maximum Gasteiger partial charge on any atom is 0.333 e. The van der Waals surface area contributed by atoms with Gasteiger partial charge in [-0.15, -0.1) is 0 Å². The normalized spacial score (nSPS) is 15.8. The van der Waals surface area contributed by atoms with Gasteiger partial charge in [-0.1, -0.05) is 18.2 Å². The summed E-state index contributed by atoms with van der Waals surface area (Å²) in [6, 6.07) is 5.68. The first-order valence-corrected chi connectivity index (χ1v) is 6.37. The van der Waals surface area contributed by atoms with Crippen molar-refractivity contribution in [1.29, 1.82) is 0 Å². The fourth-order valence-corrected chi connectivity index (χ4v) is 1.96. The second kappa shape index (κ2) is 4.50. The van der Waals surface area contributed by atoms with Gasteiger partial charge in [0.15, 0.2) is 0 Å². The minimum Gasteiger partial charge on any atom is -0.376 e. The molecule has 0 aliphatic carbocycles. The molecule has 0 aromatic heterocycles. The summed E-state index contributed by atoms with van der Waals surface area (Å²) in [6.07, 6.45) is 0.846. The highest BCUT2D eigenvalue weighted by atomic mass is 32.2. The molecule has 1 heterocycles. The molecule has 1 aliphatic rings. The van der Waals surface area contributed by atoms with Crippen molar-refractivity contribution in [3.8, 4) is 0 Å². The summed E-state index contributed by atoms with van der Waals surface area (Å²) in [4.78, 5) is 0. The van der Waals surface area contributed by atoms with Gasteiger partial charge >= 0.3 is 10.3 Å². The molecule has 0 radical (unpaired) electrons. The Morgan fingerprint density at radius 3 is 2.94 bits per heavy atom. The third-order valence-electron chi connectivity index (χ3n) is 2.43. The van der Waals surface area contributed by atoms with Gasteiger partial charge in [0, 0.05) is 0 Å². The van der Waals surface area contributed by atoms with E-state index in [1.165, 1.54) is 5.56 Å². The van der Waals surface area contributed by atoms with Crippen LogP contribution in [0.5, 0.6) is 0 Å². The maximum atomic E-state index is 10.6. The Morgan fingerprint density at radius 1 is 1.38 bits per heavy atom. The van der Waals surface area contributed by atoms with Crippen LogP contribution in [0.25, 0.3) is 0 Å². The van der Waals surface area contributed by atoms with E-state index in [-0.39, 0.29) is 6.61 Å². The molecule has 0 fully saturated rings. The zero-order valence-electron chi connectivity index (χ0n) is 8.68. The van der Waals surface area contributed by atoms with E-state index >= 15 is 0 Å². The molecule has 0 bridgehead atoms. The third kappa shape index (κ3) is 3.02. The minimum absolute atomic E-state index is 0.0209. The highest BCUT2D eigenvalue weighted by Crippen LogP contribution is 2.18. The van der Waals surface area contributed by atoms with E-state index in [2.05, 4.69) is 4.18 Å². The summed E-state index contributed by atoms with van der Waals surface area (Å²) in [5.74, 6) is 0. The fourth-order valence-electron chi connectivity index (χ4n) is 1.66. The number of nitrogens with two attached hydrogens (primary N) is 1. The van der Waals surface area contributed by atoms with E-state index in [9.17, 15) is 8.42 Å². The van der Waals surface area contributed by atoms with E-state index in [1.807, 2.05) is 18.2 Å². The smallest absolute Gasteiger partial charge is 0.333 e. The average Bonchev–Trinajstić information content (AvgIpc) is 2.25. The zero-order valence-corrected chi connectivity index (χ0v) is 9.50. The Kier molecular flexibility index (Phi) is 3.25. The molecule has 5 nitrogen and oxygen atoms in total. The molecule has 0 spiro atoms. The van der Waals surface area contributed by atoms with E-state index in [1.54, 1.807) is 0 Å². The lowest BCUT2D eigenvalue weighted by Crippen LogP contribution is -2.16. The largest absolute Gasteiger partial charge is 0.376 e. The van der Waals surface area contributed by atoms with E-state index in [4.69, 9.17) is 9.88 Å². The summed E-state index contributed by atoms with van der Waals surface area (Å²) >= 11 is 0. The molecule has 0 saturated heterocycles. The van der Waals surface area contributed by atoms with E-state index in [0.717, 1.165) is 17.5 Å². The number of fused-ring (bicyclic) bond motifs is 1. The molecule has 0 amide bonds. The van der Waals surface area contributed by atoms with Gasteiger partial charge in [0.1, 0.15) is 0 Å². The summed E-state index contributed by atoms with van der Waals surface area (Å²) in [5.41, 5.74) is 3.13. The van der Waals surface area contributed by atoms with Crippen molar-refractivity contribution < 1.29 is 17.3 Å². The predicted molar refractivity (Wildman–Crippen MR) is 57.7 cm³/mol. The van der Waals surface area contributed by atoms with Gasteiger partial charge in [-0.05, 0) is 23.1 Å². The molecule has 6 heteroatoms. The molecule has 0 atom stereocenters. The second-order valence-electron chi connectivity index (χ2n) is 3.66. The lowest BCUT2D eigenvalue weighted by molar-refractivity contribution is 0.110. The van der Waals surface area contributed by atoms with Gasteiger partial charge in [-0.2, -0.15) is 8.42 Å². The highest BCUT2D eigenvalue weighted by Gasteiger charge is 2.10. The minimum atomic E-state index is -3.87. The van der Waals surface area contributed by atoms with Crippen molar-refractivity contribution in [2.24, 2.45) is 5.14 Å². The van der Waals surface area contributed by atoms with Crippen LogP contribution >= 0.6 is 0 Å². The first kappa shape index (κ1) is 11.5. The molecule has 2 N–H and O–H groups in total. The number of hydrogen-bond acceptors (Lipinski definition) is 4. The molecule has 0 saturated carbocycles. The number of ether oxygens (including phenoxy) is 1. The predicted octanol–water partition coefficient (Wildman–Crippen LogP) is 0.479. The molecular formula is C10H13NO4S. The molecule has 1 aromatic carbocycles. The van der Waals surface area contributed by atoms with Crippen LogP contribution in [0.15, 0.2) is 18.2 Å². The Balaban J connectivity index is 2.11. The average molecular weight is 243 g/mol. The molecule has 2 rings (SSSR count). The number of hydrogen-bond donors (Lipinski definition) is 1. The van der Waals surface area contributed by atoms with Crippen LogP contribution in [0.3, 0.4) is 0 Å². The molecule has 88 valence electrons. The summed E-state index contributed by atoms with van der Waals surface area (Å²) in [7, 11) is -3.87. The van der Waals surface area contributed by atoms with E-state index in [0.29, 0.717) is 13.2 Å². The molecule has 1 aromatic rings. The van der Waals surface area contributed by atoms with E-state index < -0.39 is 10.3 Å². The quantitative estimate of drug-likeness (QED) is 0.837. The fraction of sp³-hybridized carbons (Fsp3) is 0.400. The van der Waals surface area contributed by atoms with Crippen LogP contribution in [0.1, 0.15) is 16.7 Å². The van der Waals surface area contributed by atoms with Crippen molar-refractivity contribution in [1.82, 2.24) is 0 Å². The van der Waals surface area contributed by atoms with Crippen LogP contribution in [-0.2, 0) is 38.9 Å². The third-order valence-corrected chi connectivity index (χ3v) is 2.88. The van der Waals surface area contributed by atoms with Crippen LogP contribution in [0, 0.1) is 0 Å². The Morgan fingerprint density at radius 2 is 2.19 bits per heavy atom. The highest BCUT2D eigenvalue weighted by molar-refractivity contribution is 7.84. The van der Waals surface area contributed by atoms with Gasteiger partial charge in [0.05, 0.1) is 19.8 Å². The van der Waals surface area contributed by atoms with Crippen molar-refractivity contribution in [3.05, 3.63) is 34.9 Å². The van der Waals surface area contributed by atoms with Gasteiger partial charge < -0.3 is 4.74 Å². The van der Waals surface area contributed by atoms with Crippen LogP contribution < -0.4 is 5.14 Å². The standard InChI is InChI=1S/C10H13NO4S/c11-16(12,13)15-6-8-1-2-10-7-14-4-3-9(10)5-8/h1-2,5H,3-4,6-7H2,(H2,11,12,13). The summed E-state index contributed by atoms with van der Waals surface area (Å²) in [6.45, 7) is 1.30. The van der Waals surface area contributed by atoms with Crippen LogP contribution in [0.4, 0.5) is 0 Å². The van der Waals surface area contributed by atoms with Gasteiger partial charge in [-0.25, -0.2) is 5.14 Å². The van der Waals surface area contributed by atoms with Crippen LogP contribution in [0.2, 0.25) is 0 Å². The molecule has 1 aliphatic heterocycles. The van der Waals surface area contributed by atoms with Gasteiger partial charge in [-0.3, -0.25) is 4.18 Å². The first-order valence-electron chi connectivity index (χ1n) is 4.90. The van der Waals surface area contributed by atoms with Crippen molar-refractivity contribution in [2.45, 2.75) is 19.6 Å². The van der Waals surface area contributed by atoms with Crippen molar-refractivity contribution in [2.75, 3.05) is 6.61 Å². The number of rotatable bonds is 3. The van der Waals surface area contributed by atoms with Crippen molar-refractivity contribution in [3.63, 3.8) is 0 Å². The SMILES string of the molecule is NS(=O)(=O)OCc1ccc2c(c1)CCOC2. The van der Waals surface area contributed by atoms with Gasteiger partial charge in [0.25, 0.3) is 0 Å². The summed E-state index contributed by atoms with van der Waals surface area (Å²) in [5, 5.41) is 4.75. The maximum absolute atomic E-state index is 10.6. The monoisotopic (exact) mass is 243 g/mol. The Bertz CT molecular complexity index is 484. The lowest BCUT2D eigenvalue weighted by Gasteiger charge is -2.17. The molecular weight excluding hydrogens is 230 g/mol. The zero-order chi connectivity index (χ0) is 11.6. The first-order chi connectivity index (χ1) is 7.54. The second-order valence-corrected chi connectivity index (χ2v) is 4.88. The molecule has 0 unspecified atom stereocenters. The lowest BCUT2D eigenvalue weighted by atomic mass is 10.0. The molecule has 16 heavy (non-hydrogen) atoms. The van der Waals surface area contributed by atoms with Gasteiger partial charge in [0.2, 0.25) is 0 Å². The number of benzene rings is 1. The topological polar surface area (TPSA) is 78.6 Å². The summed E-state index contributed by atoms with van der Waals surface area (Å²) < 4.78 is 31.1.